The molecule has 0 saturated carbocycles. The molecule has 27 heavy (non-hydrogen) atoms. The Hall–Kier alpha value is -2.61. The Morgan fingerprint density at radius 2 is 1.96 bits per heavy atom. The van der Waals surface area contributed by atoms with Crippen LogP contribution in [0.25, 0.3) is 0 Å². The minimum absolute atomic E-state index is 0.0748. The lowest BCUT2D eigenvalue weighted by atomic mass is 9.99. The summed E-state index contributed by atoms with van der Waals surface area (Å²) in [5.41, 5.74) is 2.34. The predicted molar refractivity (Wildman–Crippen MR) is 99.9 cm³/mol. The first kappa shape index (κ1) is 19.2. The van der Waals surface area contributed by atoms with E-state index in [-0.39, 0.29) is 18.2 Å². The van der Waals surface area contributed by atoms with E-state index in [1.54, 1.807) is 11.0 Å². The maximum absolute atomic E-state index is 12.5. The van der Waals surface area contributed by atoms with Crippen LogP contribution >= 0.6 is 15.9 Å². The molecular weight excluding hydrogens is 416 g/mol. The van der Waals surface area contributed by atoms with Gasteiger partial charge in [-0.05, 0) is 52.5 Å². The fraction of sp³-hybridized carbons (Fsp3) is 0.316. The number of hydrogen-bond donors (Lipinski definition) is 1. The lowest BCUT2D eigenvalue weighted by Crippen LogP contribution is -2.43. The molecule has 0 aliphatic carbocycles. The van der Waals surface area contributed by atoms with Crippen LogP contribution < -0.4 is 5.32 Å². The number of ether oxygens (including phenoxy) is 1. The highest BCUT2D eigenvalue weighted by molar-refractivity contribution is 9.10. The first-order valence-electron chi connectivity index (χ1n) is 8.52. The number of carbonyl (C=O) groups excluding carboxylic acids is 3. The minimum atomic E-state index is -0.919. The molecule has 2 amide bonds. The zero-order chi connectivity index (χ0) is 19.4. The molecule has 0 radical (unpaired) electrons. The fourth-order valence-corrected chi connectivity index (χ4v) is 3.21. The van der Waals surface area contributed by atoms with Gasteiger partial charge in [0.25, 0.3) is 11.8 Å². The van der Waals surface area contributed by atoms with Gasteiger partial charge >= 0.3 is 5.97 Å². The van der Waals surface area contributed by atoms with Crippen molar-refractivity contribution in [3.05, 3.63) is 58.0 Å². The van der Waals surface area contributed by atoms with E-state index in [2.05, 4.69) is 27.3 Å². The second kappa shape index (κ2) is 8.39. The van der Waals surface area contributed by atoms with Gasteiger partial charge in [0, 0.05) is 13.1 Å². The molecule has 2 heterocycles. The maximum Gasteiger partial charge on any atom is 0.326 e. The monoisotopic (exact) mass is 434 g/mol. The summed E-state index contributed by atoms with van der Waals surface area (Å²) in [5.74, 6) is -1.40. The van der Waals surface area contributed by atoms with Crippen molar-refractivity contribution in [2.45, 2.75) is 26.0 Å². The SMILES string of the molecule is CC(OC(=O)CNC(=O)c1ccc(Br)o1)C(=O)N1CCc2ccccc2C1. The highest BCUT2D eigenvalue weighted by Gasteiger charge is 2.27. The van der Waals surface area contributed by atoms with Gasteiger partial charge in [-0.25, -0.2) is 0 Å². The highest BCUT2D eigenvalue weighted by Crippen LogP contribution is 2.19. The Bertz CT molecular complexity index is 863. The van der Waals surface area contributed by atoms with Crippen LogP contribution in [0.3, 0.4) is 0 Å². The fourth-order valence-electron chi connectivity index (χ4n) is 2.91. The summed E-state index contributed by atoms with van der Waals surface area (Å²) in [6, 6.07) is 11.0. The largest absolute Gasteiger partial charge is 0.451 e. The van der Waals surface area contributed by atoms with E-state index < -0.39 is 18.0 Å². The van der Waals surface area contributed by atoms with Gasteiger partial charge in [-0.15, -0.1) is 0 Å². The number of esters is 1. The van der Waals surface area contributed by atoms with E-state index in [4.69, 9.17) is 9.15 Å². The Balaban J connectivity index is 1.48. The summed E-state index contributed by atoms with van der Waals surface area (Å²) in [7, 11) is 0. The van der Waals surface area contributed by atoms with Crippen LogP contribution in [0.4, 0.5) is 0 Å². The summed E-state index contributed by atoms with van der Waals surface area (Å²) in [6.45, 7) is 2.27. The predicted octanol–water partition coefficient (Wildman–Crippen LogP) is 2.29. The van der Waals surface area contributed by atoms with E-state index in [0.29, 0.717) is 17.8 Å². The molecule has 0 bridgehead atoms. The molecule has 0 saturated heterocycles. The Kier molecular flexibility index (Phi) is 5.95. The van der Waals surface area contributed by atoms with Crippen molar-refractivity contribution < 1.29 is 23.5 Å². The number of benzene rings is 1. The number of nitrogens with one attached hydrogen (secondary N) is 1. The van der Waals surface area contributed by atoms with Crippen molar-refractivity contribution in [2.75, 3.05) is 13.1 Å². The lowest BCUT2D eigenvalue weighted by molar-refractivity contribution is -0.158. The average Bonchev–Trinajstić information content (AvgIpc) is 3.11. The third-order valence-corrected chi connectivity index (χ3v) is 4.71. The molecule has 142 valence electrons. The van der Waals surface area contributed by atoms with Crippen molar-refractivity contribution in [1.29, 1.82) is 0 Å². The second-order valence-corrected chi connectivity index (χ2v) is 6.98. The van der Waals surface area contributed by atoms with Gasteiger partial charge in [-0.2, -0.15) is 0 Å². The number of furan rings is 1. The molecule has 1 aromatic carbocycles. The Labute approximate surface area is 164 Å². The summed E-state index contributed by atoms with van der Waals surface area (Å²) < 4.78 is 10.7. The number of hydrogen-bond acceptors (Lipinski definition) is 5. The molecule has 1 atom stereocenters. The van der Waals surface area contributed by atoms with Crippen LogP contribution in [-0.4, -0.2) is 41.9 Å². The molecule has 0 spiro atoms. The van der Waals surface area contributed by atoms with Crippen molar-refractivity contribution in [2.24, 2.45) is 0 Å². The lowest BCUT2D eigenvalue weighted by Gasteiger charge is -2.30. The molecule has 1 aliphatic rings. The van der Waals surface area contributed by atoms with Gasteiger partial charge in [0.05, 0.1) is 0 Å². The van der Waals surface area contributed by atoms with Gasteiger partial charge in [0.2, 0.25) is 0 Å². The molecule has 1 aliphatic heterocycles. The quantitative estimate of drug-likeness (QED) is 0.729. The van der Waals surface area contributed by atoms with Crippen molar-refractivity contribution >= 4 is 33.7 Å². The molecule has 1 N–H and O–H groups in total. The number of fused-ring (bicyclic) bond motifs is 1. The third kappa shape index (κ3) is 4.77. The molecule has 3 rings (SSSR count). The van der Waals surface area contributed by atoms with Crippen molar-refractivity contribution in [1.82, 2.24) is 10.2 Å². The van der Waals surface area contributed by atoms with Crippen molar-refractivity contribution in [3.8, 4) is 0 Å². The summed E-state index contributed by atoms with van der Waals surface area (Å²) in [4.78, 5) is 38.0. The smallest absolute Gasteiger partial charge is 0.326 e. The molecule has 1 unspecified atom stereocenters. The number of rotatable bonds is 5. The van der Waals surface area contributed by atoms with Crippen molar-refractivity contribution in [3.63, 3.8) is 0 Å². The van der Waals surface area contributed by atoms with Crippen LogP contribution in [0.1, 0.15) is 28.6 Å². The number of amides is 2. The number of carbonyl (C=O) groups is 3. The van der Waals surface area contributed by atoms with Gasteiger partial charge in [-0.1, -0.05) is 24.3 Å². The van der Waals surface area contributed by atoms with E-state index in [1.807, 2.05) is 18.2 Å². The van der Waals surface area contributed by atoms with Crippen LogP contribution in [0.15, 0.2) is 45.5 Å². The first-order chi connectivity index (χ1) is 12.9. The molecule has 0 fully saturated rings. The zero-order valence-electron chi connectivity index (χ0n) is 14.7. The highest BCUT2D eigenvalue weighted by atomic mass is 79.9. The summed E-state index contributed by atoms with van der Waals surface area (Å²) in [5, 5.41) is 2.40. The molecule has 8 heteroatoms. The van der Waals surface area contributed by atoms with Crippen LogP contribution in [0.2, 0.25) is 0 Å². The normalized spacial score (nSPS) is 14.2. The standard InChI is InChI=1S/C19H19BrN2O5/c1-12(19(25)22-9-8-13-4-2-3-5-14(13)11-22)26-17(23)10-21-18(24)15-6-7-16(20)27-15/h2-7,12H,8-11H2,1H3,(H,21,24). The minimum Gasteiger partial charge on any atom is -0.451 e. The van der Waals surface area contributed by atoms with E-state index in [0.717, 1.165) is 12.0 Å². The first-order valence-corrected chi connectivity index (χ1v) is 9.32. The van der Waals surface area contributed by atoms with E-state index in [9.17, 15) is 14.4 Å². The third-order valence-electron chi connectivity index (χ3n) is 4.29. The van der Waals surface area contributed by atoms with Gasteiger partial charge in [-0.3, -0.25) is 14.4 Å². The molecular formula is C19H19BrN2O5. The average molecular weight is 435 g/mol. The Morgan fingerprint density at radius 1 is 1.22 bits per heavy atom. The van der Waals surface area contributed by atoms with Crippen LogP contribution in [0, 0.1) is 0 Å². The van der Waals surface area contributed by atoms with Crippen LogP contribution in [-0.2, 0) is 27.3 Å². The van der Waals surface area contributed by atoms with Gasteiger partial charge in [0.15, 0.2) is 16.5 Å². The van der Waals surface area contributed by atoms with E-state index in [1.165, 1.54) is 18.6 Å². The molecule has 1 aromatic heterocycles. The maximum atomic E-state index is 12.5. The molecule has 2 aromatic rings. The Morgan fingerprint density at radius 3 is 2.67 bits per heavy atom. The second-order valence-electron chi connectivity index (χ2n) is 6.20. The molecule has 7 nitrogen and oxygen atoms in total. The number of nitrogens with zero attached hydrogens (tertiary/aromatic N) is 1. The van der Waals surface area contributed by atoms with Crippen LogP contribution in [0.5, 0.6) is 0 Å². The van der Waals surface area contributed by atoms with E-state index >= 15 is 0 Å². The summed E-state index contributed by atoms with van der Waals surface area (Å²) in [6.07, 6.45) is -0.144. The summed E-state index contributed by atoms with van der Waals surface area (Å²) >= 11 is 3.10. The zero-order valence-corrected chi connectivity index (χ0v) is 16.3. The number of halogens is 1. The topological polar surface area (TPSA) is 88.8 Å². The van der Waals surface area contributed by atoms with Gasteiger partial charge < -0.3 is 19.4 Å². The van der Waals surface area contributed by atoms with Gasteiger partial charge in [0.1, 0.15) is 6.54 Å².